The highest BCUT2D eigenvalue weighted by Crippen LogP contribution is 2.42. The van der Waals surface area contributed by atoms with Crippen LogP contribution in [0.1, 0.15) is 51.4 Å². The first-order chi connectivity index (χ1) is 12.6. The summed E-state index contributed by atoms with van der Waals surface area (Å²) < 4.78 is 0. The molecule has 0 radical (unpaired) electrons. The van der Waals surface area contributed by atoms with Crippen molar-refractivity contribution in [1.82, 2.24) is 4.90 Å². The van der Waals surface area contributed by atoms with Crippen LogP contribution in [-0.4, -0.2) is 46.6 Å². The molecule has 2 heterocycles. The van der Waals surface area contributed by atoms with Gasteiger partial charge in [-0.05, 0) is 44.2 Å². The maximum atomic E-state index is 13.3. The van der Waals surface area contributed by atoms with Gasteiger partial charge in [-0.3, -0.25) is 14.5 Å². The van der Waals surface area contributed by atoms with Crippen molar-refractivity contribution < 1.29 is 14.7 Å². The van der Waals surface area contributed by atoms with Gasteiger partial charge in [0.05, 0.1) is 12.5 Å². The lowest BCUT2D eigenvalue weighted by molar-refractivity contribution is -0.143. The van der Waals surface area contributed by atoms with Gasteiger partial charge in [-0.15, -0.1) is 0 Å². The molecule has 140 valence electrons. The highest BCUT2D eigenvalue weighted by molar-refractivity contribution is 5.95. The van der Waals surface area contributed by atoms with Crippen LogP contribution in [0.5, 0.6) is 0 Å². The van der Waals surface area contributed by atoms with E-state index in [4.69, 9.17) is 0 Å². The molecule has 4 rings (SSSR count). The SMILES string of the molecule is O=C(O)C1CC2CCC1N2CC(=O)N(c1ccccc1)C1CCCCC1. The van der Waals surface area contributed by atoms with Crippen molar-refractivity contribution >= 4 is 17.6 Å². The van der Waals surface area contributed by atoms with Gasteiger partial charge in [0.15, 0.2) is 0 Å². The molecule has 5 heteroatoms. The van der Waals surface area contributed by atoms with E-state index in [1.54, 1.807) is 0 Å². The van der Waals surface area contributed by atoms with Gasteiger partial charge in [0, 0.05) is 23.8 Å². The number of carbonyl (C=O) groups is 2. The molecule has 3 fully saturated rings. The zero-order chi connectivity index (χ0) is 18.1. The highest BCUT2D eigenvalue weighted by Gasteiger charge is 2.50. The Balaban J connectivity index is 1.53. The van der Waals surface area contributed by atoms with E-state index in [0.717, 1.165) is 31.4 Å². The lowest BCUT2D eigenvalue weighted by Crippen LogP contribution is -2.48. The number of benzene rings is 1. The minimum absolute atomic E-state index is 0.0328. The first kappa shape index (κ1) is 17.5. The number of hydrogen-bond acceptors (Lipinski definition) is 3. The van der Waals surface area contributed by atoms with Crippen LogP contribution in [0.25, 0.3) is 0 Å². The van der Waals surface area contributed by atoms with Crippen LogP contribution in [0.15, 0.2) is 30.3 Å². The van der Waals surface area contributed by atoms with E-state index in [1.807, 2.05) is 35.2 Å². The van der Waals surface area contributed by atoms with Crippen LogP contribution >= 0.6 is 0 Å². The van der Waals surface area contributed by atoms with Gasteiger partial charge in [0.1, 0.15) is 0 Å². The Morgan fingerprint density at radius 3 is 2.42 bits per heavy atom. The van der Waals surface area contributed by atoms with E-state index in [1.165, 1.54) is 19.3 Å². The Kier molecular flexibility index (Phi) is 4.98. The van der Waals surface area contributed by atoms with Gasteiger partial charge in [0.2, 0.25) is 5.91 Å². The second-order valence-corrected chi connectivity index (χ2v) is 8.04. The van der Waals surface area contributed by atoms with Crippen LogP contribution in [0.3, 0.4) is 0 Å². The summed E-state index contributed by atoms with van der Waals surface area (Å²) in [5.74, 6) is -0.880. The fourth-order valence-corrected chi connectivity index (χ4v) is 5.33. The summed E-state index contributed by atoms with van der Waals surface area (Å²) in [5.41, 5.74) is 0.978. The van der Waals surface area contributed by atoms with Crippen LogP contribution in [-0.2, 0) is 9.59 Å². The number of amides is 1. The summed E-state index contributed by atoms with van der Waals surface area (Å²) in [6.45, 7) is 0.352. The number of fused-ring (bicyclic) bond motifs is 2. The van der Waals surface area contributed by atoms with E-state index < -0.39 is 5.97 Å². The summed E-state index contributed by atoms with van der Waals surface area (Å²) in [6, 6.07) is 10.5. The number of hydrogen-bond donors (Lipinski definition) is 1. The maximum absolute atomic E-state index is 13.3. The Bertz CT molecular complexity index is 656. The molecule has 26 heavy (non-hydrogen) atoms. The van der Waals surface area contributed by atoms with Crippen molar-refractivity contribution in [3.05, 3.63) is 30.3 Å². The van der Waals surface area contributed by atoms with Gasteiger partial charge >= 0.3 is 5.97 Å². The normalized spacial score (nSPS) is 29.0. The number of rotatable bonds is 5. The Hall–Kier alpha value is -1.88. The molecule has 3 atom stereocenters. The standard InChI is InChI=1S/C21H28N2O3/c24-20(14-22-17-11-12-19(22)18(13-17)21(25)26)23(15-7-3-1-4-8-15)16-9-5-2-6-10-16/h1,3-4,7-8,16-19H,2,5-6,9-14H2,(H,25,26). The van der Waals surface area contributed by atoms with Gasteiger partial charge < -0.3 is 10.0 Å². The summed E-state index contributed by atoms with van der Waals surface area (Å²) in [7, 11) is 0. The molecule has 1 saturated carbocycles. The molecule has 0 spiro atoms. The first-order valence-electron chi connectivity index (χ1n) is 10.0. The maximum Gasteiger partial charge on any atom is 0.308 e. The third-order valence-corrected chi connectivity index (χ3v) is 6.56. The lowest BCUT2D eigenvalue weighted by atomic mass is 9.89. The lowest BCUT2D eigenvalue weighted by Gasteiger charge is -2.36. The molecular formula is C21H28N2O3. The fraction of sp³-hybridized carbons (Fsp3) is 0.619. The van der Waals surface area contributed by atoms with Crippen molar-refractivity contribution in [1.29, 1.82) is 0 Å². The van der Waals surface area contributed by atoms with Gasteiger partial charge in [0.25, 0.3) is 0 Å². The monoisotopic (exact) mass is 356 g/mol. The Morgan fingerprint density at radius 2 is 1.77 bits per heavy atom. The average molecular weight is 356 g/mol. The van der Waals surface area contributed by atoms with Crippen LogP contribution in [0, 0.1) is 5.92 Å². The largest absolute Gasteiger partial charge is 0.481 e. The number of carboxylic acid groups (broad SMARTS) is 1. The highest BCUT2D eigenvalue weighted by atomic mass is 16.4. The molecular weight excluding hydrogens is 328 g/mol. The van der Waals surface area contributed by atoms with Gasteiger partial charge in [-0.25, -0.2) is 0 Å². The van der Waals surface area contributed by atoms with Gasteiger partial charge in [-0.1, -0.05) is 37.5 Å². The number of carboxylic acids is 1. The van der Waals surface area contributed by atoms with E-state index in [0.29, 0.717) is 13.0 Å². The molecule has 5 nitrogen and oxygen atoms in total. The average Bonchev–Trinajstić information content (AvgIpc) is 3.21. The predicted molar refractivity (Wildman–Crippen MR) is 100 cm³/mol. The topological polar surface area (TPSA) is 60.9 Å². The van der Waals surface area contributed by atoms with E-state index in [-0.39, 0.29) is 30.0 Å². The smallest absolute Gasteiger partial charge is 0.308 e. The van der Waals surface area contributed by atoms with E-state index >= 15 is 0 Å². The second kappa shape index (κ2) is 7.39. The molecule has 3 aliphatic rings. The number of aliphatic carboxylic acids is 1. The minimum Gasteiger partial charge on any atom is -0.481 e. The molecule has 2 aliphatic heterocycles. The molecule has 2 saturated heterocycles. The Labute approximate surface area is 155 Å². The van der Waals surface area contributed by atoms with Crippen molar-refractivity contribution in [3.63, 3.8) is 0 Å². The number of para-hydroxylation sites is 1. The van der Waals surface area contributed by atoms with Crippen molar-refractivity contribution in [2.75, 3.05) is 11.4 Å². The van der Waals surface area contributed by atoms with E-state index in [2.05, 4.69) is 4.90 Å². The molecule has 1 aromatic rings. The summed E-state index contributed by atoms with van der Waals surface area (Å²) in [6.07, 6.45) is 8.36. The summed E-state index contributed by atoms with van der Waals surface area (Å²) >= 11 is 0. The van der Waals surface area contributed by atoms with E-state index in [9.17, 15) is 14.7 Å². The van der Waals surface area contributed by atoms with Crippen LogP contribution in [0.2, 0.25) is 0 Å². The molecule has 1 aromatic carbocycles. The van der Waals surface area contributed by atoms with Gasteiger partial charge in [-0.2, -0.15) is 0 Å². The fourth-order valence-electron chi connectivity index (χ4n) is 5.33. The quantitative estimate of drug-likeness (QED) is 0.879. The molecule has 1 N–H and O–H groups in total. The van der Waals surface area contributed by atoms with Crippen LogP contribution < -0.4 is 4.90 Å². The number of nitrogens with zero attached hydrogens (tertiary/aromatic N) is 2. The molecule has 1 amide bonds. The predicted octanol–water partition coefficient (Wildman–Crippen LogP) is 3.29. The third kappa shape index (κ3) is 3.25. The molecule has 2 bridgehead atoms. The molecule has 3 unspecified atom stereocenters. The third-order valence-electron chi connectivity index (χ3n) is 6.56. The number of carbonyl (C=O) groups excluding carboxylic acids is 1. The Morgan fingerprint density at radius 1 is 1.04 bits per heavy atom. The van der Waals surface area contributed by atoms with Crippen molar-refractivity contribution in [3.8, 4) is 0 Å². The summed E-state index contributed by atoms with van der Waals surface area (Å²) in [4.78, 5) is 29.0. The zero-order valence-corrected chi connectivity index (χ0v) is 15.2. The first-order valence-corrected chi connectivity index (χ1v) is 10.0. The summed E-state index contributed by atoms with van der Waals surface area (Å²) in [5, 5.41) is 9.46. The number of anilines is 1. The second-order valence-electron chi connectivity index (χ2n) is 8.04. The zero-order valence-electron chi connectivity index (χ0n) is 15.2. The minimum atomic E-state index is -0.707. The molecule has 1 aliphatic carbocycles. The van der Waals surface area contributed by atoms with Crippen LogP contribution in [0.4, 0.5) is 5.69 Å². The molecule has 0 aromatic heterocycles. The van der Waals surface area contributed by atoms with Crippen molar-refractivity contribution in [2.24, 2.45) is 5.92 Å². The van der Waals surface area contributed by atoms with Crippen molar-refractivity contribution in [2.45, 2.75) is 69.5 Å².